The van der Waals surface area contributed by atoms with Crippen molar-refractivity contribution in [3.63, 3.8) is 0 Å². The number of benzene rings is 3. The lowest BCUT2D eigenvalue weighted by Gasteiger charge is -2.09. The molecular weight excluding hydrogens is 448 g/mol. The zero-order valence-corrected chi connectivity index (χ0v) is 19.5. The molecule has 0 saturated heterocycles. The van der Waals surface area contributed by atoms with Crippen molar-refractivity contribution in [2.45, 2.75) is 33.3 Å². The summed E-state index contributed by atoms with van der Waals surface area (Å²) < 4.78 is 5.60. The number of carbonyl (C=O) groups is 2. The van der Waals surface area contributed by atoms with E-state index in [-0.39, 0.29) is 36.8 Å². The van der Waals surface area contributed by atoms with Gasteiger partial charge in [-0.3, -0.25) is 19.7 Å². The van der Waals surface area contributed by atoms with E-state index in [1.54, 1.807) is 6.07 Å². The number of anilines is 1. The Morgan fingerprint density at radius 1 is 1.00 bits per heavy atom. The molecule has 9 heteroatoms. The van der Waals surface area contributed by atoms with Gasteiger partial charge in [-0.05, 0) is 48.7 Å². The summed E-state index contributed by atoms with van der Waals surface area (Å²) in [6.45, 7) is 4.02. The van der Waals surface area contributed by atoms with E-state index in [1.807, 2.05) is 62.4 Å². The molecule has 0 saturated carbocycles. The minimum absolute atomic E-state index is 0.00629. The predicted octanol–water partition coefficient (Wildman–Crippen LogP) is 4.66. The normalized spacial score (nSPS) is 10.7. The topological polar surface area (TPSA) is 123 Å². The van der Waals surface area contributed by atoms with Gasteiger partial charge in [-0.1, -0.05) is 42.5 Å². The van der Waals surface area contributed by atoms with Crippen LogP contribution in [0, 0.1) is 24.0 Å². The lowest BCUT2D eigenvalue weighted by molar-refractivity contribution is -0.385. The first kappa shape index (κ1) is 25.1. The molecule has 0 aliphatic heterocycles. The number of hydrazone groups is 1. The summed E-state index contributed by atoms with van der Waals surface area (Å²) in [5.41, 5.74) is 6.09. The molecule has 0 spiro atoms. The molecule has 0 aliphatic rings. The third kappa shape index (κ3) is 7.78. The summed E-state index contributed by atoms with van der Waals surface area (Å²) in [7, 11) is 0. The van der Waals surface area contributed by atoms with Gasteiger partial charge in [0.2, 0.25) is 11.8 Å². The van der Waals surface area contributed by atoms with Gasteiger partial charge in [0, 0.05) is 30.2 Å². The zero-order valence-electron chi connectivity index (χ0n) is 19.5. The van der Waals surface area contributed by atoms with Crippen LogP contribution in [-0.4, -0.2) is 23.0 Å². The number of aryl methyl sites for hydroxylation is 2. The van der Waals surface area contributed by atoms with E-state index in [0.29, 0.717) is 11.3 Å². The van der Waals surface area contributed by atoms with Gasteiger partial charge >= 0.3 is 5.69 Å². The van der Waals surface area contributed by atoms with Gasteiger partial charge in [0.05, 0.1) is 11.1 Å². The summed E-state index contributed by atoms with van der Waals surface area (Å²) in [6, 6.07) is 19.5. The Hall–Kier alpha value is -4.53. The minimum Gasteiger partial charge on any atom is -0.482 e. The molecule has 3 aromatic rings. The smallest absolute Gasteiger partial charge is 0.311 e. The molecule has 0 aliphatic carbocycles. The quantitative estimate of drug-likeness (QED) is 0.251. The van der Waals surface area contributed by atoms with Crippen molar-refractivity contribution < 1.29 is 19.2 Å². The molecule has 180 valence electrons. The van der Waals surface area contributed by atoms with Crippen LogP contribution in [0.15, 0.2) is 71.8 Å². The molecule has 2 amide bonds. The third-order valence-electron chi connectivity index (χ3n) is 5.07. The van der Waals surface area contributed by atoms with Crippen molar-refractivity contribution in [2.75, 3.05) is 5.32 Å². The molecular formula is C26H26N4O5. The fraction of sp³-hybridized carbons (Fsp3) is 0.192. The van der Waals surface area contributed by atoms with Crippen molar-refractivity contribution in [2.24, 2.45) is 5.10 Å². The highest BCUT2D eigenvalue weighted by molar-refractivity contribution is 5.94. The van der Waals surface area contributed by atoms with Crippen molar-refractivity contribution in [1.29, 1.82) is 0 Å². The van der Waals surface area contributed by atoms with E-state index in [4.69, 9.17) is 4.74 Å². The molecule has 0 heterocycles. The number of ether oxygens (including phenoxy) is 1. The highest BCUT2D eigenvalue weighted by Crippen LogP contribution is 2.28. The molecule has 9 nitrogen and oxygen atoms in total. The molecule has 0 aromatic heterocycles. The van der Waals surface area contributed by atoms with E-state index in [2.05, 4.69) is 15.8 Å². The lowest BCUT2D eigenvalue weighted by Crippen LogP contribution is -2.21. The van der Waals surface area contributed by atoms with Gasteiger partial charge in [0.15, 0.2) is 5.75 Å². The van der Waals surface area contributed by atoms with Gasteiger partial charge in [0.25, 0.3) is 0 Å². The van der Waals surface area contributed by atoms with Crippen LogP contribution in [-0.2, 0) is 16.2 Å². The van der Waals surface area contributed by atoms with Gasteiger partial charge in [-0.2, -0.15) is 5.10 Å². The van der Waals surface area contributed by atoms with Gasteiger partial charge in [0.1, 0.15) is 6.61 Å². The second-order valence-electron chi connectivity index (χ2n) is 7.92. The second kappa shape index (κ2) is 12.1. The average Bonchev–Trinajstić information content (AvgIpc) is 2.84. The SMILES string of the molecule is Cc1ccc(C)c(NC(=O)CCC(=O)NN=Cc2ccc(OCc3ccccc3)c([N+](=O)[O-])c2)c1. The van der Waals surface area contributed by atoms with Crippen molar-refractivity contribution in [3.8, 4) is 5.75 Å². The van der Waals surface area contributed by atoms with Crippen LogP contribution in [0.5, 0.6) is 5.75 Å². The Labute approximate surface area is 203 Å². The molecule has 0 atom stereocenters. The van der Waals surface area contributed by atoms with Crippen LogP contribution in [0.4, 0.5) is 11.4 Å². The average molecular weight is 475 g/mol. The summed E-state index contributed by atoms with van der Waals surface area (Å²) >= 11 is 0. The monoisotopic (exact) mass is 474 g/mol. The Bertz CT molecular complexity index is 1240. The van der Waals surface area contributed by atoms with Crippen molar-refractivity contribution in [3.05, 3.63) is 99.1 Å². The van der Waals surface area contributed by atoms with Crippen molar-refractivity contribution >= 4 is 29.4 Å². The largest absolute Gasteiger partial charge is 0.482 e. The fourth-order valence-electron chi connectivity index (χ4n) is 3.16. The number of rotatable bonds is 10. The van der Waals surface area contributed by atoms with Crippen molar-refractivity contribution in [1.82, 2.24) is 5.43 Å². The summed E-state index contributed by atoms with van der Waals surface area (Å²) in [4.78, 5) is 35.1. The maximum Gasteiger partial charge on any atom is 0.311 e. The van der Waals surface area contributed by atoms with Crippen LogP contribution in [0.3, 0.4) is 0 Å². The standard InChI is InChI=1S/C26H26N4O5/c1-18-8-9-19(2)22(14-18)28-25(31)12-13-26(32)29-27-16-21-10-11-24(23(15-21)30(33)34)35-17-20-6-4-3-5-7-20/h3-11,14-16H,12-13,17H2,1-2H3,(H,28,31)(H,29,32). The lowest BCUT2D eigenvalue weighted by atomic mass is 10.1. The maximum absolute atomic E-state index is 12.1. The Morgan fingerprint density at radius 3 is 2.49 bits per heavy atom. The number of carbonyl (C=O) groups excluding carboxylic acids is 2. The second-order valence-corrected chi connectivity index (χ2v) is 7.92. The maximum atomic E-state index is 12.1. The molecule has 3 aromatic carbocycles. The molecule has 0 unspecified atom stereocenters. The highest BCUT2D eigenvalue weighted by Gasteiger charge is 2.16. The number of nitrogens with zero attached hydrogens (tertiary/aromatic N) is 2. The van der Waals surface area contributed by atoms with E-state index in [0.717, 1.165) is 16.7 Å². The first-order valence-corrected chi connectivity index (χ1v) is 11.0. The highest BCUT2D eigenvalue weighted by atomic mass is 16.6. The molecule has 0 radical (unpaired) electrons. The Balaban J connectivity index is 1.51. The van der Waals surface area contributed by atoms with Crippen LogP contribution < -0.4 is 15.5 Å². The predicted molar refractivity (Wildman–Crippen MR) is 133 cm³/mol. The van der Waals surface area contributed by atoms with Gasteiger partial charge < -0.3 is 10.1 Å². The summed E-state index contributed by atoms with van der Waals surface area (Å²) in [6.07, 6.45) is 1.23. The number of nitro benzene ring substituents is 1. The van der Waals surface area contributed by atoms with Gasteiger partial charge in [-0.15, -0.1) is 0 Å². The number of amides is 2. The number of nitrogens with one attached hydrogen (secondary N) is 2. The first-order valence-electron chi connectivity index (χ1n) is 11.0. The molecule has 2 N–H and O–H groups in total. The van der Waals surface area contributed by atoms with E-state index in [9.17, 15) is 19.7 Å². The number of hydrogen-bond acceptors (Lipinski definition) is 6. The molecule has 35 heavy (non-hydrogen) atoms. The fourth-order valence-corrected chi connectivity index (χ4v) is 3.16. The zero-order chi connectivity index (χ0) is 25.2. The van der Waals surface area contributed by atoms with E-state index >= 15 is 0 Å². The Morgan fingerprint density at radius 2 is 1.74 bits per heavy atom. The summed E-state index contributed by atoms with van der Waals surface area (Å²) in [5, 5.41) is 18.1. The molecule has 0 bridgehead atoms. The van der Waals surface area contributed by atoms with Crippen LogP contribution in [0.1, 0.15) is 35.1 Å². The van der Waals surface area contributed by atoms with Crippen LogP contribution in [0.25, 0.3) is 0 Å². The molecule has 3 rings (SSSR count). The Kier molecular flexibility index (Phi) is 8.66. The number of hydrogen-bond donors (Lipinski definition) is 2. The van der Waals surface area contributed by atoms with E-state index < -0.39 is 10.8 Å². The first-order chi connectivity index (χ1) is 16.8. The van der Waals surface area contributed by atoms with Crippen LogP contribution >= 0.6 is 0 Å². The minimum atomic E-state index is -0.537. The van der Waals surface area contributed by atoms with Gasteiger partial charge in [-0.25, -0.2) is 5.43 Å². The van der Waals surface area contributed by atoms with E-state index in [1.165, 1.54) is 18.3 Å². The molecule has 0 fully saturated rings. The van der Waals surface area contributed by atoms with Crippen LogP contribution in [0.2, 0.25) is 0 Å². The number of nitro groups is 1. The third-order valence-corrected chi connectivity index (χ3v) is 5.07. The summed E-state index contributed by atoms with van der Waals surface area (Å²) in [5.74, 6) is -0.593.